The molecule has 7 nitrogen and oxygen atoms in total. The molecule has 0 atom stereocenters. The van der Waals surface area contributed by atoms with Gasteiger partial charge in [0.25, 0.3) is 5.91 Å². The zero-order valence-electron chi connectivity index (χ0n) is 15.8. The summed E-state index contributed by atoms with van der Waals surface area (Å²) in [5.41, 5.74) is 2.34. The predicted octanol–water partition coefficient (Wildman–Crippen LogP) is 3.65. The maximum atomic E-state index is 13.0. The lowest BCUT2D eigenvalue weighted by Gasteiger charge is -2.07. The number of nitrogens with zero attached hydrogens (tertiary/aromatic N) is 4. The first-order valence-electron chi connectivity index (χ1n) is 9.08. The molecule has 2 aromatic carbocycles. The van der Waals surface area contributed by atoms with Crippen LogP contribution in [0.1, 0.15) is 15.9 Å². The Labute approximate surface area is 168 Å². The third-order valence-electron chi connectivity index (χ3n) is 4.37. The fraction of sp³-hybridized carbons (Fsp3) is 0.0909. The number of nitrogens with one attached hydrogen (secondary N) is 1. The highest BCUT2D eigenvalue weighted by Gasteiger charge is 2.18. The van der Waals surface area contributed by atoms with Gasteiger partial charge in [0.15, 0.2) is 5.82 Å². The van der Waals surface area contributed by atoms with Crippen LogP contribution in [0.4, 0.5) is 5.95 Å². The van der Waals surface area contributed by atoms with Crippen molar-refractivity contribution in [1.29, 1.82) is 0 Å². The lowest BCUT2D eigenvalue weighted by atomic mass is 10.2. The number of carbonyl (C=O) groups excluding carboxylic acids is 1. The third-order valence-corrected chi connectivity index (χ3v) is 4.37. The van der Waals surface area contributed by atoms with Gasteiger partial charge in [-0.3, -0.25) is 9.78 Å². The highest BCUT2D eigenvalue weighted by molar-refractivity contribution is 5.96. The number of methoxy groups -OCH3 is 1. The average Bonchev–Trinajstić information content (AvgIpc) is 3.23. The van der Waals surface area contributed by atoms with Crippen LogP contribution >= 0.6 is 0 Å². The van der Waals surface area contributed by atoms with Gasteiger partial charge in [-0.15, -0.1) is 5.10 Å². The fourth-order valence-electron chi connectivity index (χ4n) is 2.82. The zero-order valence-corrected chi connectivity index (χ0v) is 15.8. The maximum Gasteiger partial charge on any atom is 0.281 e. The fourth-order valence-corrected chi connectivity index (χ4v) is 2.82. The van der Waals surface area contributed by atoms with Gasteiger partial charge >= 0.3 is 0 Å². The average molecular weight is 385 g/mol. The van der Waals surface area contributed by atoms with E-state index in [-0.39, 0.29) is 5.91 Å². The van der Waals surface area contributed by atoms with Crippen LogP contribution in [-0.4, -0.2) is 32.8 Å². The minimum atomic E-state index is -0.282. The Morgan fingerprint density at radius 2 is 1.72 bits per heavy atom. The molecule has 0 amide bonds. The van der Waals surface area contributed by atoms with Crippen LogP contribution in [0, 0.1) is 0 Å². The van der Waals surface area contributed by atoms with Crippen LogP contribution in [0.5, 0.6) is 5.75 Å². The van der Waals surface area contributed by atoms with Crippen molar-refractivity contribution in [3.8, 4) is 17.1 Å². The Bertz CT molecular complexity index is 1090. The Kier molecular flexibility index (Phi) is 5.29. The van der Waals surface area contributed by atoms with Gasteiger partial charge < -0.3 is 10.1 Å². The van der Waals surface area contributed by atoms with Crippen molar-refractivity contribution in [2.45, 2.75) is 6.54 Å². The van der Waals surface area contributed by atoms with Gasteiger partial charge in [-0.25, -0.2) is 0 Å². The van der Waals surface area contributed by atoms with Gasteiger partial charge in [-0.1, -0.05) is 30.3 Å². The zero-order chi connectivity index (χ0) is 20.1. The van der Waals surface area contributed by atoms with Crippen molar-refractivity contribution < 1.29 is 9.53 Å². The number of anilines is 1. The van der Waals surface area contributed by atoms with Gasteiger partial charge in [-0.2, -0.15) is 9.67 Å². The summed E-state index contributed by atoms with van der Waals surface area (Å²) in [6, 6.07) is 20.6. The molecule has 0 aliphatic carbocycles. The number of ether oxygens (including phenoxy) is 1. The van der Waals surface area contributed by atoms with E-state index in [1.807, 2.05) is 54.6 Å². The lowest BCUT2D eigenvalue weighted by molar-refractivity contribution is 0.0947. The molecule has 4 aromatic rings. The molecule has 2 aromatic heterocycles. The normalized spacial score (nSPS) is 10.5. The number of hydrogen-bond acceptors (Lipinski definition) is 6. The molecule has 0 bridgehead atoms. The Balaban J connectivity index is 1.68. The van der Waals surface area contributed by atoms with E-state index in [0.717, 1.165) is 16.9 Å². The molecule has 4 rings (SSSR count). The number of carbonyl (C=O) groups is 1. The summed E-state index contributed by atoms with van der Waals surface area (Å²) in [6.07, 6.45) is 3.15. The van der Waals surface area contributed by atoms with E-state index in [0.29, 0.717) is 23.9 Å². The van der Waals surface area contributed by atoms with Crippen molar-refractivity contribution in [2.75, 3.05) is 12.4 Å². The maximum absolute atomic E-state index is 13.0. The summed E-state index contributed by atoms with van der Waals surface area (Å²) in [7, 11) is 1.61. The highest BCUT2D eigenvalue weighted by atomic mass is 16.5. The van der Waals surface area contributed by atoms with Crippen LogP contribution in [-0.2, 0) is 6.54 Å². The topological polar surface area (TPSA) is 81.9 Å². The molecule has 0 aliphatic heterocycles. The van der Waals surface area contributed by atoms with Crippen molar-refractivity contribution in [3.05, 3.63) is 90.3 Å². The van der Waals surface area contributed by atoms with E-state index in [2.05, 4.69) is 20.4 Å². The van der Waals surface area contributed by atoms with E-state index in [1.165, 1.54) is 4.68 Å². The van der Waals surface area contributed by atoms with Crippen LogP contribution < -0.4 is 10.1 Å². The van der Waals surface area contributed by atoms with E-state index in [4.69, 9.17) is 4.74 Å². The first-order chi connectivity index (χ1) is 14.2. The van der Waals surface area contributed by atoms with E-state index in [9.17, 15) is 4.79 Å². The number of pyridine rings is 1. The van der Waals surface area contributed by atoms with Gasteiger partial charge in [0.05, 0.1) is 7.11 Å². The molecular weight excluding hydrogens is 366 g/mol. The van der Waals surface area contributed by atoms with Crippen LogP contribution in [0.15, 0.2) is 79.1 Å². The van der Waals surface area contributed by atoms with Gasteiger partial charge in [-0.05, 0) is 42.0 Å². The molecule has 0 saturated heterocycles. The summed E-state index contributed by atoms with van der Waals surface area (Å²) in [5, 5.41) is 7.68. The molecule has 0 fully saturated rings. The number of benzene rings is 2. The number of hydrogen-bond donors (Lipinski definition) is 1. The summed E-state index contributed by atoms with van der Waals surface area (Å²) in [4.78, 5) is 21.5. The molecule has 0 spiro atoms. The minimum absolute atomic E-state index is 0.282. The second kappa shape index (κ2) is 8.35. The predicted molar refractivity (Wildman–Crippen MR) is 110 cm³/mol. The summed E-state index contributed by atoms with van der Waals surface area (Å²) >= 11 is 0. The van der Waals surface area contributed by atoms with Gasteiger partial charge in [0.2, 0.25) is 5.95 Å². The van der Waals surface area contributed by atoms with Gasteiger partial charge in [0, 0.05) is 30.1 Å². The Morgan fingerprint density at radius 3 is 2.41 bits per heavy atom. The van der Waals surface area contributed by atoms with Crippen molar-refractivity contribution in [1.82, 2.24) is 19.7 Å². The number of rotatable bonds is 6. The van der Waals surface area contributed by atoms with Gasteiger partial charge in [0.1, 0.15) is 5.75 Å². The summed E-state index contributed by atoms with van der Waals surface area (Å²) < 4.78 is 6.49. The van der Waals surface area contributed by atoms with Crippen molar-refractivity contribution in [2.24, 2.45) is 0 Å². The molecule has 2 heterocycles. The molecule has 0 unspecified atom stereocenters. The summed E-state index contributed by atoms with van der Waals surface area (Å²) in [5.74, 6) is 1.28. The van der Waals surface area contributed by atoms with E-state index < -0.39 is 0 Å². The van der Waals surface area contributed by atoms with Crippen molar-refractivity contribution >= 4 is 11.9 Å². The molecule has 0 radical (unpaired) electrons. The molecule has 7 heteroatoms. The van der Waals surface area contributed by atoms with Crippen LogP contribution in [0.2, 0.25) is 0 Å². The first kappa shape index (κ1) is 18.4. The molecule has 1 N–H and O–H groups in total. The largest absolute Gasteiger partial charge is 0.497 e. The quantitative estimate of drug-likeness (QED) is 0.546. The Morgan fingerprint density at radius 1 is 1.00 bits per heavy atom. The van der Waals surface area contributed by atoms with Crippen molar-refractivity contribution in [3.63, 3.8) is 0 Å². The highest BCUT2D eigenvalue weighted by Crippen LogP contribution is 2.22. The molecule has 0 saturated carbocycles. The first-order valence-corrected chi connectivity index (χ1v) is 9.08. The third kappa shape index (κ3) is 4.14. The smallest absolute Gasteiger partial charge is 0.281 e. The second-order valence-electron chi connectivity index (χ2n) is 6.28. The number of aromatic nitrogens is 4. The molecular formula is C22H19N5O2. The molecule has 144 valence electrons. The summed E-state index contributed by atoms with van der Waals surface area (Å²) in [6.45, 7) is 0.519. The van der Waals surface area contributed by atoms with E-state index in [1.54, 1.807) is 31.6 Å². The molecule has 29 heavy (non-hydrogen) atoms. The second-order valence-corrected chi connectivity index (χ2v) is 6.28. The SMILES string of the molecule is COc1ccc(-c2nc(NCc3ccccc3)n(C(=O)c3ccncc3)n2)cc1. The Hall–Kier alpha value is -4.00. The minimum Gasteiger partial charge on any atom is -0.497 e. The van der Waals surface area contributed by atoms with Crippen LogP contribution in [0.25, 0.3) is 11.4 Å². The standard InChI is InChI=1S/C22H19N5O2/c1-29-19-9-7-17(8-10-19)20-25-22(24-15-16-5-3-2-4-6-16)27(26-20)21(28)18-11-13-23-14-12-18/h2-14H,15H2,1H3,(H,24,25,26). The van der Waals surface area contributed by atoms with E-state index >= 15 is 0 Å². The van der Waals surface area contributed by atoms with Crippen LogP contribution in [0.3, 0.4) is 0 Å². The molecule has 0 aliphatic rings. The monoisotopic (exact) mass is 385 g/mol. The lowest BCUT2D eigenvalue weighted by Crippen LogP contribution is -2.17.